The number of piperidine rings is 1. The molecule has 5 heteroatoms. The van der Waals surface area contributed by atoms with Crippen LogP contribution >= 0.6 is 15.9 Å². The van der Waals surface area contributed by atoms with Crippen molar-refractivity contribution in [2.45, 2.75) is 18.9 Å². The van der Waals surface area contributed by atoms with Crippen LogP contribution in [0.1, 0.15) is 23.4 Å². The third-order valence-corrected chi connectivity index (χ3v) is 4.02. The smallest absolute Gasteiger partial charge is 0.287 e. The summed E-state index contributed by atoms with van der Waals surface area (Å²) in [6, 6.07) is 7.79. The van der Waals surface area contributed by atoms with E-state index in [4.69, 9.17) is 4.42 Å². The molecule has 0 radical (unpaired) electrons. The average Bonchev–Trinajstić information content (AvgIpc) is 2.85. The minimum Gasteiger partial charge on any atom is -0.450 e. The molecule has 1 aliphatic heterocycles. The summed E-state index contributed by atoms with van der Waals surface area (Å²) >= 11 is 3.42. The number of hydrogen-bond donors (Lipinski definition) is 2. The summed E-state index contributed by atoms with van der Waals surface area (Å²) in [5.41, 5.74) is 0.720. The second-order valence-corrected chi connectivity index (χ2v) is 5.62. The first-order valence-corrected chi connectivity index (χ1v) is 7.23. The maximum absolute atomic E-state index is 12.2. The van der Waals surface area contributed by atoms with Gasteiger partial charge in [-0.25, -0.2) is 0 Å². The van der Waals surface area contributed by atoms with Crippen LogP contribution in [0.25, 0.3) is 11.0 Å². The molecule has 1 amide bonds. The van der Waals surface area contributed by atoms with E-state index in [1.807, 2.05) is 18.2 Å². The van der Waals surface area contributed by atoms with Crippen molar-refractivity contribution in [3.63, 3.8) is 0 Å². The molecular weight excluding hydrogens is 308 g/mol. The summed E-state index contributed by atoms with van der Waals surface area (Å²) in [4.78, 5) is 12.2. The second-order valence-electron chi connectivity index (χ2n) is 4.77. The van der Waals surface area contributed by atoms with Crippen LogP contribution < -0.4 is 10.6 Å². The van der Waals surface area contributed by atoms with Crippen molar-refractivity contribution in [3.8, 4) is 0 Å². The summed E-state index contributed by atoms with van der Waals surface area (Å²) in [7, 11) is 0. The molecule has 0 saturated carbocycles. The number of para-hydroxylation sites is 1. The Morgan fingerprint density at radius 1 is 1.37 bits per heavy atom. The van der Waals surface area contributed by atoms with E-state index < -0.39 is 0 Å². The number of hydrogen-bond acceptors (Lipinski definition) is 3. The number of rotatable bonds is 2. The first-order chi connectivity index (χ1) is 9.24. The summed E-state index contributed by atoms with van der Waals surface area (Å²) < 4.78 is 6.49. The Morgan fingerprint density at radius 3 is 2.89 bits per heavy atom. The van der Waals surface area contributed by atoms with E-state index in [0.29, 0.717) is 5.76 Å². The third kappa shape index (κ3) is 2.67. The van der Waals surface area contributed by atoms with E-state index in [1.165, 1.54) is 0 Å². The van der Waals surface area contributed by atoms with E-state index >= 15 is 0 Å². The van der Waals surface area contributed by atoms with Gasteiger partial charge in [-0.3, -0.25) is 4.79 Å². The first kappa shape index (κ1) is 12.7. The van der Waals surface area contributed by atoms with Gasteiger partial charge in [0.05, 0.1) is 4.47 Å². The highest BCUT2D eigenvalue weighted by atomic mass is 79.9. The van der Waals surface area contributed by atoms with E-state index in [9.17, 15) is 4.79 Å². The van der Waals surface area contributed by atoms with Crippen molar-refractivity contribution in [3.05, 3.63) is 34.5 Å². The number of halogens is 1. The zero-order chi connectivity index (χ0) is 13.2. The Balaban J connectivity index is 1.79. The average molecular weight is 323 g/mol. The number of amides is 1. The first-order valence-electron chi connectivity index (χ1n) is 6.44. The number of carbonyl (C=O) groups excluding carboxylic acids is 1. The lowest BCUT2D eigenvalue weighted by Crippen LogP contribution is -2.42. The predicted molar refractivity (Wildman–Crippen MR) is 77.3 cm³/mol. The molecule has 0 unspecified atom stereocenters. The SMILES string of the molecule is O=C(NC1CCNCC1)c1cc2cccc(Br)c2o1. The van der Waals surface area contributed by atoms with Gasteiger partial charge < -0.3 is 15.1 Å². The summed E-state index contributed by atoms with van der Waals surface area (Å²) in [6.07, 6.45) is 1.94. The van der Waals surface area contributed by atoms with Gasteiger partial charge in [-0.1, -0.05) is 12.1 Å². The molecule has 1 aromatic heterocycles. The number of carbonyl (C=O) groups is 1. The van der Waals surface area contributed by atoms with Crippen molar-refractivity contribution >= 4 is 32.8 Å². The highest BCUT2D eigenvalue weighted by Crippen LogP contribution is 2.27. The van der Waals surface area contributed by atoms with Crippen LogP contribution in [0.2, 0.25) is 0 Å². The topological polar surface area (TPSA) is 54.3 Å². The molecule has 2 heterocycles. The van der Waals surface area contributed by atoms with E-state index in [-0.39, 0.29) is 11.9 Å². The molecule has 2 aromatic rings. The summed E-state index contributed by atoms with van der Waals surface area (Å²) in [5, 5.41) is 7.24. The number of furan rings is 1. The Hall–Kier alpha value is -1.33. The Kier molecular flexibility index (Phi) is 3.57. The van der Waals surface area contributed by atoms with Gasteiger partial charge in [-0.2, -0.15) is 0 Å². The fraction of sp³-hybridized carbons (Fsp3) is 0.357. The van der Waals surface area contributed by atoms with Gasteiger partial charge in [0.2, 0.25) is 0 Å². The lowest BCUT2D eigenvalue weighted by atomic mass is 10.1. The van der Waals surface area contributed by atoms with Crippen LogP contribution in [-0.2, 0) is 0 Å². The second kappa shape index (κ2) is 5.35. The van der Waals surface area contributed by atoms with Gasteiger partial charge in [-0.15, -0.1) is 0 Å². The Labute approximate surface area is 119 Å². The van der Waals surface area contributed by atoms with Gasteiger partial charge in [0.15, 0.2) is 5.76 Å². The quantitative estimate of drug-likeness (QED) is 0.893. The lowest BCUT2D eigenvalue weighted by molar-refractivity contribution is 0.0903. The number of benzene rings is 1. The molecule has 4 nitrogen and oxygen atoms in total. The maximum atomic E-state index is 12.2. The molecule has 100 valence electrons. The van der Waals surface area contributed by atoms with Crippen LogP contribution in [0.5, 0.6) is 0 Å². The standard InChI is InChI=1S/C14H15BrN2O2/c15-11-3-1-2-9-8-12(19-13(9)11)14(18)17-10-4-6-16-7-5-10/h1-3,8,10,16H,4-7H2,(H,17,18). The molecule has 19 heavy (non-hydrogen) atoms. The van der Waals surface area contributed by atoms with Gasteiger partial charge in [0, 0.05) is 11.4 Å². The van der Waals surface area contributed by atoms with Crippen LogP contribution in [0.15, 0.2) is 33.2 Å². The molecule has 1 saturated heterocycles. The fourth-order valence-corrected chi connectivity index (χ4v) is 2.82. The van der Waals surface area contributed by atoms with Crippen LogP contribution in [0.4, 0.5) is 0 Å². The number of fused-ring (bicyclic) bond motifs is 1. The molecule has 1 aliphatic rings. The highest BCUT2D eigenvalue weighted by molar-refractivity contribution is 9.10. The normalized spacial score (nSPS) is 16.7. The Morgan fingerprint density at radius 2 is 2.16 bits per heavy atom. The zero-order valence-electron chi connectivity index (χ0n) is 10.4. The summed E-state index contributed by atoms with van der Waals surface area (Å²) in [5.74, 6) is 0.246. The van der Waals surface area contributed by atoms with Crippen molar-refractivity contribution < 1.29 is 9.21 Å². The molecule has 0 bridgehead atoms. The fourth-order valence-electron chi connectivity index (χ4n) is 2.36. The van der Waals surface area contributed by atoms with Gasteiger partial charge in [0.25, 0.3) is 5.91 Å². The van der Waals surface area contributed by atoms with Crippen molar-refractivity contribution in [2.24, 2.45) is 0 Å². The van der Waals surface area contributed by atoms with Crippen molar-refractivity contribution in [1.29, 1.82) is 0 Å². The predicted octanol–water partition coefficient (Wildman–Crippen LogP) is 2.68. The molecule has 3 rings (SSSR count). The largest absolute Gasteiger partial charge is 0.450 e. The monoisotopic (exact) mass is 322 g/mol. The van der Waals surface area contributed by atoms with Gasteiger partial charge >= 0.3 is 0 Å². The highest BCUT2D eigenvalue weighted by Gasteiger charge is 2.19. The summed E-state index contributed by atoms with van der Waals surface area (Å²) in [6.45, 7) is 1.91. The molecule has 0 atom stereocenters. The van der Waals surface area contributed by atoms with Crippen molar-refractivity contribution in [1.82, 2.24) is 10.6 Å². The molecule has 1 fully saturated rings. The van der Waals surface area contributed by atoms with Crippen LogP contribution in [0, 0.1) is 0 Å². The molecule has 2 N–H and O–H groups in total. The molecular formula is C14H15BrN2O2. The van der Waals surface area contributed by atoms with Crippen molar-refractivity contribution in [2.75, 3.05) is 13.1 Å². The van der Waals surface area contributed by atoms with E-state index in [0.717, 1.165) is 41.4 Å². The van der Waals surface area contributed by atoms with Crippen LogP contribution in [-0.4, -0.2) is 25.0 Å². The lowest BCUT2D eigenvalue weighted by Gasteiger charge is -2.23. The van der Waals surface area contributed by atoms with Crippen LogP contribution in [0.3, 0.4) is 0 Å². The third-order valence-electron chi connectivity index (χ3n) is 3.39. The zero-order valence-corrected chi connectivity index (χ0v) is 12.0. The minimum atomic E-state index is -0.130. The molecule has 1 aromatic carbocycles. The number of nitrogens with one attached hydrogen (secondary N) is 2. The van der Waals surface area contributed by atoms with Gasteiger partial charge in [0.1, 0.15) is 5.58 Å². The molecule has 0 aliphatic carbocycles. The minimum absolute atomic E-state index is 0.130. The maximum Gasteiger partial charge on any atom is 0.287 e. The Bertz CT molecular complexity index is 603. The molecule has 0 spiro atoms. The van der Waals surface area contributed by atoms with E-state index in [2.05, 4.69) is 26.6 Å². The van der Waals surface area contributed by atoms with E-state index in [1.54, 1.807) is 6.07 Å². The van der Waals surface area contributed by atoms with Gasteiger partial charge in [-0.05, 0) is 54.0 Å².